The van der Waals surface area contributed by atoms with Crippen molar-refractivity contribution < 1.29 is 9.18 Å². The Hall–Kier alpha value is -1.62. The predicted molar refractivity (Wildman–Crippen MR) is 63.8 cm³/mol. The Morgan fingerprint density at radius 3 is 3.12 bits per heavy atom. The van der Waals surface area contributed by atoms with Crippen LogP contribution in [0, 0.1) is 12.7 Å². The van der Waals surface area contributed by atoms with E-state index in [2.05, 4.69) is 15.5 Å². The number of amides is 1. The van der Waals surface area contributed by atoms with Crippen LogP contribution < -0.4 is 15.5 Å². The highest BCUT2D eigenvalue weighted by Gasteiger charge is 2.34. The van der Waals surface area contributed by atoms with Crippen LogP contribution in [-0.2, 0) is 4.79 Å². The van der Waals surface area contributed by atoms with Gasteiger partial charge in [0, 0.05) is 19.6 Å². The maximum atomic E-state index is 13.5. The van der Waals surface area contributed by atoms with Crippen molar-refractivity contribution in [3.63, 3.8) is 0 Å². The molecule has 1 saturated heterocycles. The third-order valence-electron chi connectivity index (χ3n) is 3.39. The minimum Gasteiger partial charge on any atom is -0.355 e. The third kappa shape index (κ3) is 1.58. The molecule has 2 aliphatic rings. The molecule has 1 aromatic rings. The summed E-state index contributed by atoms with van der Waals surface area (Å²) in [4.78, 5) is 13.9. The van der Waals surface area contributed by atoms with Crippen molar-refractivity contribution in [1.29, 1.82) is 0 Å². The van der Waals surface area contributed by atoms with E-state index in [-0.39, 0.29) is 17.8 Å². The van der Waals surface area contributed by atoms with E-state index in [4.69, 9.17) is 0 Å². The van der Waals surface area contributed by atoms with Gasteiger partial charge in [0.25, 0.3) is 0 Å². The maximum Gasteiger partial charge on any atom is 0.248 e. The summed E-state index contributed by atoms with van der Waals surface area (Å²) in [5.41, 5.74) is 2.11. The molecule has 2 aliphatic heterocycles. The van der Waals surface area contributed by atoms with Crippen LogP contribution >= 0.6 is 0 Å². The van der Waals surface area contributed by atoms with Crippen LogP contribution in [0.15, 0.2) is 12.1 Å². The molecule has 0 aliphatic carbocycles. The van der Waals surface area contributed by atoms with E-state index in [1.54, 1.807) is 6.92 Å². The molecule has 0 bridgehead atoms. The first-order valence-corrected chi connectivity index (χ1v) is 5.75. The second-order valence-electron chi connectivity index (χ2n) is 4.52. The van der Waals surface area contributed by atoms with Crippen molar-refractivity contribution in [1.82, 2.24) is 5.32 Å². The fraction of sp³-hybridized carbons (Fsp3) is 0.417. The van der Waals surface area contributed by atoms with Crippen molar-refractivity contribution in [2.45, 2.75) is 13.0 Å². The minimum atomic E-state index is -0.280. The van der Waals surface area contributed by atoms with E-state index in [1.807, 2.05) is 6.07 Å². The Labute approximate surface area is 98.8 Å². The van der Waals surface area contributed by atoms with Gasteiger partial charge in [-0.15, -0.1) is 0 Å². The molecule has 2 heterocycles. The standard InChI is InChI=1S/C12H14FN3O/c1-7-4-10-9(5-8(7)13)15-12(17)11-6-14-2-3-16(10)11/h4-5,11,14H,2-3,6H2,1H3,(H,15,17). The van der Waals surface area contributed by atoms with E-state index in [0.717, 1.165) is 18.8 Å². The van der Waals surface area contributed by atoms with E-state index < -0.39 is 0 Å². The number of piperazine rings is 1. The summed E-state index contributed by atoms with van der Waals surface area (Å²) in [5, 5.41) is 5.96. The van der Waals surface area contributed by atoms with E-state index in [1.165, 1.54) is 6.07 Å². The number of anilines is 2. The molecule has 0 radical (unpaired) electrons. The van der Waals surface area contributed by atoms with Crippen LogP contribution in [0.1, 0.15) is 5.56 Å². The molecule has 0 aromatic heterocycles. The average Bonchev–Trinajstić information content (AvgIpc) is 2.32. The number of aryl methyl sites for hydroxylation is 1. The number of nitrogens with zero attached hydrogens (tertiary/aromatic N) is 1. The number of hydrogen-bond acceptors (Lipinski definition) is 3. The van der Waals surface area contributed by atoms with Gasteiger partial charge in [-0.05, 0) is 24.6 Å². The zero-order chi connectivity index (χ0) is 12.0. The highest BCUT2D eigenvalue weighted by molar-refractivity contribution is 6.04. The third-order valence-corrected chi connectivity index (χ3v) is 3.39. The normalized spacial score (nSPS) is 22.8. The first-order valence-electron chi connectivity index (χ1n) is 5.75. The average molecular weight is 235 g/mol. The van der Waals surface area contributed by atoms with Gasteiger partial charge in [-0.2, -0.15) is 0 Å². The second kappa shape index (κ2) is 3.70. The predicted octanol–water partition coefficient (Wildman–Crippen LogP) is 0.864. The lowest BCUT2D eigenvalue weighted by Gasteiger charge is -2.41. The number of fused-ring (bicyclic) bond motifs is 3. The number of halogens is 1. The molecule has 1 unspecified atom stereocenters. The van der Waals surface area contributed by atoms with Gasteiger partial charge in [-0.3, -0.25) is 4.79 Å². The minimum absolute atomic E-state index is 0.0621. The molecular formula is C12H14FN3O. The quantitative estimate of drug-likeness (QED) is 0.701. The summed E-state index contributed by atoms with van der Waals surface area (Å²) in [6, 6.07) is 3.03. The highest BCUT2D eigenvalue weighted by Crippen LogP contribution is 2.34. The van der Waals surface area contributed by atoms with Gasteiger partial charge in [-0.1, -0.05) is 0 Å². The summed E-state index contributed by atoms with van der Waals surface area (Å²) < 4.78 is 13.5. The van der Waals surface area contributed by atoms with E-state index >= 15 is 0 Å². The summed E-state index contributed by atoms with van der Waals surface area (Å²) in [6.45, 7) is 4.00. The van der Waals surface area contributed by atoms with Crippen molar-refractivity contribution in [2.24, 2.45) is 0 Å². The van der Waals surface area contributed by atoms with Gasteiger partial charge in [0.05, 0.1) is 11.4 Å². The molecule has 4 nitrogen and oxygen atoms in total. The van der Waals surface area contributed by atoms with Gasteiger partial charge in [0.2, 0.25) is 5.91 Å². The molecular weight excluding hydrogens is 221 g/mol. The second-order valence-corrected chi connectivity index (χ2v) is 4.52. The smallest absolute Gasteiger partial charge is 0.248 e. The summed E-state index contributed by atoms with van der Waals surface area (Å²) in [7, 11) is 0. The van der Waals surface area contributed by atoms with Crippen LogP contribution in [0.5, 0.6) is 0 Å². The molecule has 3 rings (SSSR count). The molecule has 0 saturated carbocycles. The molecule has 0 spiro atoms. The number of nitrogens with one attached hydrogen (secondary N) is 2. The molecule has 2 N–H and O–H groups in total. The summed E-state index contributed by atoms with van der Waals surface area (Å²) in [5.74, 6) is -0.342. The zero-order valence-electron chi connectivity index (χ0n) is 9.59. The van der Waals surface area contributed by atoms with Crippen molar-refractivity contribution in [3.05, 3.63) is 23.5 Å². The number of benzene rings is 1. The Balaban J connectivity index is 2.10. The Kier molecular flexibility index (Phi) is 2.29. The maximum absolute atomic E-state index is 13.5. The Morgan fingerprint density at radius 1 is 1.47 bits per heavy atom. The topological polar surface area (TPSA) is 44.4 Å². The lowest BCUT2D eigenvalue weighted by molar-refractivity contribution is -0.117. The van der Waals surface area contributed by atoms with Gasteiger partial charge < -0.3 is 15.5 Å². The molecule has 5 heteroatoms. The number of rotatable bonds is 0. The molecule has 1 atom stereocenters. The van der Waals surface area contributed by atoms with Crippen LogP contribution in [0.25, 0.3) is 0 Å². The summed E-state index contributed by atoms with van der Waals surface area (Å²) >= 11 is 0. The highest BCUT2D eigenvalue weighted by atomic mass is 19.1. The van der Waals surface area contributed by atoms with Crippen molar-refractivity contribution in [2.75, 3.05) is 29.9 Å². The molecule has 17 heavy (non-hydrogen) atoms. The van der Waals surface area contributed by atoms with Gasteiger partial charge in [0.1, 0.15) is 11.9 Å². The molecule has 1 amide bonds. The fourth-order valence-corrected chi connectivity index (χ4v) is 2.45. The first-order chi connectivity index (χ1) is 8.16. The van der Waals surface area contributed by atoms with E-state index in [9.17, 15) is 9.18 Å². The number of carbonyl (C=O) groups excluding carboxylic acids is 1. The molecule has 1 aromatic carbocycles. The van der Waals surface area contributed by atoms with Crippen LogP contribution in [0.3, 0.4) is 0 Å². The van der Waals surface area contributed by atoms with Gasteiger partial charge in [-0.25, -0.2) is 4.39 Å². The first kappa shape index (κ1) is 10.5. The lowest BCUT2D eigenvalue weighted by atomic mass is 10.0. The van der Waals surface area contributed by atoms with Crippen LogP contribution in [0.4, 0.5) is 15.8 Å². The fourth-order valence-electron chi connectivity index (χ4n) is 2.45. The monoisotopic (exact) mass is 235 g/mol. The largest absolute Gasteiger partial charge is 0.355 e. The zero-order valence-corrected chi connectivity index (χ0v) is 9.59. The summed E-state index contributed by atoms with van der Waals surface area (Å²) in [6.07, 6.45) is 0. The Morgan fingerprint density at radius 2 is 2.29 bits per heavy atom. The Bertz CT molecular complexity index is 489. The van der Waals surface area contributed by atoms with Crippen molar-refractivity contribution >= 4 is 17.3 Å². The molecule has 90 valence electrons. The van der Waals surface area contributed by atoms with Crippen LogP contribution in [0.2, 0.25) is 0 Å². The SMILES string of the molecule is Cc1cc2c(cc1F)NC(=O)C1CNCCN21. The van der Waals surface area contributed by atoms with Crippen molar-refractivity contribution in [3.8, 4) is 0 Å². The van der Waals surface area contributed by atoms with E-state index in [0.29, 0.717) is 17.8 Å². The lowest BCUT2D eigenvalue weighted by Crippen LogP contribution is -2.58. The van der Waals surface area contributed by atoms with Gasteiger partial charge in [0.15, 0.2) is 0 Å². The number of carbonyl (C=O) groups is 1. The van der Waals surface area contributed by atoms with Gasteiger partial charge >= 0.3 is 0 Å². The number of hydrogen-bond donors (Lipinski definition) is 2. The van der Waals surface area contributed by atoms with Crippen LogP contribution in [-0.4, -0.2) is 31.6 Å². The molecule has 1 fully saturated rings.